The first-order valence-electron chi connectivity index (χ1n) is 8.89. The number of amides is 2. The van der Waals surface area contributed by atoms with E-state index in [1.165, 1.54) is 0 Å². The first-order valence-corrected chi connectivity index (χ1v) is 8.89. The standard InChI is InChI=1S/C21H21N3O3/c1-15(27-19-9-7-16(13-22)8-10-19)21(26)23-18-5-2-4-17(12-18)14-24-11-3-6-20(24)25/h2,4-5,7-10,12,15H,3,6,11,14H2,1H3,(H,23,26). The molecule has 27 heavy (non-hydrogen) atoms. The van der Waals surface area contributed by atoms with Crippen molar-refractivity contribution in [3.63, 3.8) is 0 Å². The summed E-state index contributed by atoms with van der Waals surface area (Å²) in [5.41, 5.74) is 2.18. The van der Waals surface area contributed by atoms with Gasteiger partial charge in [-0.3, -0.25) is 9.59 Å². The maximum Gasteiger partial charge on any atom is 0.265 e. The lowest BCUT2D eigenvalue weighted by Crippen LogP contribution is -2.30. The summed E-state index contributed by atoms with van der Waals surface area (Å²) in [5.74, 6) is 0.431. The molecule has 0 saturated carbocycles. The van der Waals surface area contributed by atoms with Gasteiger partial charge < -0.3 is 15.0 Å². The van der Waals surface area contributed by atoms with Crippen molar-refractivity contribution in [2.24, 2.45) is 0 Å². The molecule has 138 valence electrons. The molecule has 1 atom stereocenters. The van der Waals surface area contributed by atoms with Crippen molar-refractivity contribution >= 4 is 17.5 Å². The van der Waals surface area contributed by atoms with Gasteiger partial charge in [-0.1, -0.05) is 12.1 Å². The summed E-state index contributed by atoms with van der Waals surface area (Å²) >= 11 is 0. The highest BCUT2D eigenvalue weighted by molar-refractivity contribution is 5.94. The Morgan fingerprint density at radius 1 is 1.30 bits per heavy atom. The van der Waals surface area contributed by atoms with E-state index >= 15 is 0 Å². The number of rotatable bonds is 6. The number of likely N-dealkylation sites (tertiary alicyclic amines) is 1. The van der Waals surface area contributed by atoms with Crippen LogP contribution in [0.3, 0.4) is 0 Å². The Labute approximate surface area is 158 Å². The van der Waals surface area contributed by atoms with Crippen LogP contribution < -0.4 is 10.1 Å². The van der Waals surface area contributed by atoms with E-state index in [9.17, 15) is 9.59 Å². The number of nitriles is 1. The SMILES string of the molecule is CC(Oc1ccc(C#N)cc1)C(=O)Nc1cccc(CN2CCCC2=O)c1. The molecule has 1 saturated heterocycles. The van der Waals surface area contributed by atoms with Crippen LogP contribution in [0, 0.1) is 11.3 Å². The molecule has 0 spiro atoms. The molecule has 1 heterocycles. The van der Waals surface area contributed by atoms with Gasteiger partial charge in [0.15, 0.2) is 6.10 Å². The molecular weight excluding hydrogens is 342 g/mol. The molecular formula is C21H21N3O3. The minimum Gasteiger partial charge on any atom is -0.481 e. The van der Waals surface area contributed by atoms with Crippen molar-refractivity contribution in [2.45, 2.75) is 32.4 Å². The number of nitrogens with one attached hydrogen (secondary N) is 1. The number of ether oxygens (including phenoxy) is 1. The maximum atomic E-state index is 12.4. The van der Waals surface area contributed by atoms with Crippen LogP contribution in [-0.2, 0) is 16.1 Å². The molecule has 6 heteroatoms. The Hall–Kier alpha value is -3.33. The second kappa shape index (κ2) is 8.37. The van der Waals surface area contributed by atoms with Crippen LogP contribution >= 0.6 is 0 Å². The number of hydrogen-bond acceptors (Lipinski definition) is 4. The normalized spacial score (nSPS) is 14.5. The third kappa shape index (κ3) is 4.85. The topological polar surface area (TPSA) is 82.4 Å². The Morgan fingerprint density at radius 3 is 2.74 bits per heavy atom. The van der Waals surface area contributed by atoms with Gasteiger partial charge in [-0.25, -0.2) is 0 Å². The molecule has 3 rings (SSSR count). The predicted octanol–water partition coefficient (Wildman–Crippen LogP) is 3.09. The molecule has 6 nitrogen and oxygen atoms in total. The van der Waals surface area contributed by atoms with Gasteiger partial charge in [0.1, 0.15) is 5.75 Å². The Morgan fingerprint density at radius 2 is 2.07 bits per heavy atom. The number of carbonyl (C=O) groups is 2. The molecule has 2 aromatic carbocycles. The van der Waals surface area contributed by atoms with E-state index in [1.807, 2.05) is 35.2 Å². The van der Waals surface area contributed by atoms with Gasteiger partial charge in [-0.05, 0) is 55.3 Å². The zero-order chi connectivity index (χ0) is 19.2. The van der Waals surface area contributed by atoms with Crippen LogP contribution in [0.2, 0.25) is 0 Å². The van der Waals surface area contributed by atoms with Crippen LogP contribution in [0.5, 0.6) is 5.75 Å². The third-order valence-corrected chi connectivity index (χ3v) is 4.40. The average molecular weight is 363 g/mol. The van der Waals surface area contributed by atoms with Gasteiger partial charge in [-0.2, -0.15) is 5.26 Å². The fraction of sp³-hybridized carbons (Fsp3) is 0.286. The molecule has 2 aromatic rings. The van der Waals surface area contributed by atoms with E-state index in [2.05, 4.69) is 5.32 Å². The van der Waals surface area contributed by atoms with Crippen molar-refractivity contribution in [1.82, 2.24) is 4.90 Å². The highest BCUT2D eigenvalue weighted by Crippen LogP contribution is 2.18. The molecule has 0 bridgehead atoms. The lowest BCUT2D eigenvalue weighted by atomic mass is 10.2. The van der Waals surface area contributed by atoms with Crippen molar-refractivity contribution in [1.29, 1.82) is 5.26 Å². The first-order chi connectivity index (χ1) is 13.0. The maximum absolute atomic E-state index is 12.4. The van der Waals surface area contributed by atoms with E-state index < -0.39 is 6.10 Å². The van der Waals surface area contributed by atoms with Crippen molar-refractivity contribution in [3.8, 4) is 11.8 Å². The first kappa shape index (κ1) is 18.5. The lowest BCUT2D eigenvalue weighted by Gasteiger charge is -2.17. The Bertz CT molecular complexity index is 871. The van der Waals surface area contributed by atoms with Crippen molar-refractivity contribution in [3.05, 3.63) is 59.7 Å². The number of hydrogen-bond donors (Lipinski definition) is 1. The Kier molecular flexibility index (Phi) is 5.72. The van der Waals surface area contributed by atoms with Gasteiger partial charge >= 0.3 is 0 Å². The zero-order valence-corrected chi connectivity index (χ0v) is 15.1. The summed E-state index contributed by atoms with van der Waals surface area (Å²) in [6.45, 7) is 3.00. The minimum atomic E-state index is -0.693. The highest BCUT2D eigenvalue weighted by atomic mass is 16.5. The fourth-order valence-electron chi connectivity index (χ4n) is 2.95. The Balaban J connectivity index is 1.58. The van der Waals surface area contributed by atoms with Crippen molar-refractivity contribution < 1.29 is 14.3 Å². The molecule has 1 N–H and O–H groups in total. The average Bonchev–Trinajstić information content (AvgIpc) is 3.07. The van der Waals surface area contributed by atoms with Crippen LogP contribution in [0.4, 0.5) is 5.69 Å². The molecule has 0 aromatic heterocycles. The van der Waals surface area contributed by atoms with Gasteiger partial charge in [0.05, 0.1) is 11.6 Å². The summed E-state index contributed by atoms with van der Waals surface area (Å²) in [6.07, 6.45) is 0.821. The summed E-state index contributed by atoms with van der Waals surface area (Å²) in [7, 11) is 0. The molecule has 2 amide bonds. The van der Waals surface area contributed by atoms with E-state index in [0.717, 1.165) is 18.5 Å². The van der Waals surface area contributed by atoms with Crippen LogP contribution in [0.15, 0.2) is 48.5 Å². The quantitative estimate of drug-likeness (QED) is 0.855. The lowest BCUT2D eigenvalue weighted by molar-refractivity contribution is -0.128. The summed E-state index contributed by atoms with van der Waals surface area (Å²) < 4.78 is 5.63. The number of benzene rings is 2. The van der Waals surface area contributed by atoms with Crippen LogP contribution in [-0.4, -0.2) is 29.4 Å². The minimum absolute atomic E-state index is 0.175. The van der Waals surface area contributed by atoms with E-state index in [0.29, 0.717) is 30.0 Å². The second-order valence-electron chi connectivity index (χ2n) is 6.50. The van der Waals surface area contributed by atoms with Gasteiger partial charge in [0.2, 0.25) is 5.91 Å². The monoisotopic (exact) mass is 363 g/mol. The molecule has 0 aliphatic carbocycles. The number of carbonyl (C=O) groups excluding carboxylic acids is 2. The molecule has 1 fully saturated rings. The smallest absolute Gasteiger partial charge is 0.265 e. The van der Waals surface area contributed by atoms with Crippen molar-refractivity contribution in [2.75, 3.05) is 11.9 Å². The highest BCUT2D eigenvalue weighted by Gasteiger charge is 2.20. The predicted molar refractivity (Wildman–Crippen MR) is 101 cm³/mol. The second-order valence-corrected chi connectivity index (χ2v) is 6.50. The van der Waals surface area contributed by atoms with E-state index in [1.54, 1.807) is 31.2 Å². The van der Waals surface area contributed by atoms with Gasteiger partial charge in [-0.15, -0.1) is 0 Å². The van der Waals surface area contributed by atoms with Crippen LogP contribution in [0.25, 0.3) is 0 Å². The van der Waals surface area contributed by atoms with Gasteiger partial charge in [0.25, 0.3) is 5.91 Å². The van der Waals surface area contributed by atoms with Crippen LogP contribution in [0.1, 0.15) is 30.9 Å². The molecule has 0 radical (unpaired) electrons. The third-order valence-electron chi connectivity index (χ3n) is 4.40. The number of nitrogens with zero attached hydrogens (tertiary/aromatic N) is 2. The van der Waals surface area contributed by atoms with Gasteiger partial charge in [0, 0.05) is 25.2 Å². The summed E-state index contributed by atoms with van der Waals surface area (Å²) in [5, 5.41) is 11.7. The van der Waals surface area contributed by atoms with E-state index in [4.69, 9.17) is 10.00 Å². The fourth-order valence-corrected chi connectivity index (χ4v) is 2.95. The summed E-state index contributed by atoms with van der Waals surface area (Å²) in [4.78, 5) is 26.0. The largest absolute Gasteiger partial charge is 0.481 e. The van der Waals surface area contributed by atoms with E-state index in [-0.39, 0.29) is 11.8 Å². The molecule has 1 aliphatic rings. The summed E-state index contributed by atoms with van der Waals surface area (Å²) in [6, 6.07) is 16.1. The zero-order valence-electron chi connectivity index (χ0n) is 15.1. The number of anilines is 1. The molecule has 1 aliphatic heterocycles. The molecule has 1 unspecified atom stereocenters.